The molecule has 1 rings (SSSR count). The van der Waals surface area contributed by atoms with Crippen LogP contribution >= 0.6 is 0 Å². The van der Waals surface area contributed by atoms with Gasteiger partial charge in [0.15, 0.2) is 0 Å². The van der Waals surface area contributed by atoms with Crippen LogP contribution in [0.25, 0.3) is 0 Å². The number of hydrogen-bond acceptors (Lipinski definition) is 4. The smallest absolute Gasteiger partial charge is 0.262 e. The van der Waals surface area contributed by atoms with Crippen molar-refractivity contribution in [2.75, 3.05) is 6.61 Å². The van der Waals surface area contributed by atoms with Gasteiger partial charge in [0.1, 0.15) is 0 Å². The van der Waals surface area contributed by atoms with Crippen LogP contribution in [-0.4, -0.2) is 15.0 Å². The molecule has 6 heteroatoms. The van der Waals surface area contributed by atoms with Gasteiger partial charge in [-0.05, 0) is 37.6 Å². The van der Waals surface area contributed by atoms with Crippen LogP contribution in [0.5, 0.6) is 0 Å². The van der Waals surface area contributed by atoms with E-state index in [1.165, 1.54) is 18.2 Å². The summed E-state index contributed by atoms with van der Waals surface area (Å²) >= 11 is 0. The average molecular weight is 240 g/mol. The van der Waals surface area contributed by atoms with Crippen molar-refractivity contribution in [3.8, 4) is 6.07 Å². The van der Waals surface area contributed by atoms with Gasteiger partial charge in [0, 0.05) is 0 Å². The van der Waals surface area contributed by atoms with E-state index in [9.17, 15) is 8.42 Å². The van der Waals surface area contributed by atoms with E-state index in [2.05, 4.69) is 4.84 Å². The summed E-state index contributed by atoms with van der Waals surface area (Å²) in [5.41, 5.74) is 1.07. The molecule has 0 aliphatic heterocycles. The third kappa shape index (κ3) is 2.79. The Morgan fingerprint density at radius 1 is 1.50 bits per heavy atom. The predicted octanol–water partition coefficient (Wildman–Crippen LogP) is 1.10. The van der Waals surface area contributed by atoms with Crippen molar-refractivity contribution in [1.29, 1.82) is 5.26 Å². The maximum Gasteiger partial charge on any atom is 0.262 e. The van der Waals surface area contributed by atoms with E-state index in [0.29, 0.717) is 11.1 Å². The van der Waals surface area contributed by atoms with Crippen LogP contribution < -0.4 is 4.89 Å². The minimum Gasteiger partial charge on any atom is -0.287 e. The Kier molecular flexibility index (Phi) is 4.01. The fourth-order valence-corrected chi connectivity index (χ4v) is 2.06. The van der Waals surface area contributed by atoms with Crippen LogP contribution in [0, 0.1) is 18.3 Å². The summed E-state index contributed by atoms with van der Waals surface area (Å²) in [6.07, 6.45) is 0. The number of nitrogens with zero attached hydrogens (tertiary/aromatic N) is 1. The molecular formula is C10H12N2O3S. The van der Waals surface area contributed by atoms with Crippen molar-refractivity contribution < 1.29 is 13.3 Å². The van der Waals surface area contributed by atoms with Gasteiger partial charge in [-0.15, -0.1) is 0 Å². The molecule has 86 valence electrons. The summed E-state index contributed by atoms with van der Waals surface area (Å²) in [4.78, 5) is 6.71. The molecule has 0 bridgehead atoms. The summed E-state index contributed by atoms with van der Waals surface area (Å²) in [5.74, 6) is 0. The fourth-order valence-electron chi connectivity index (χ4n) is 1.11. The molecule has 0 saturated carbocycles. The minimum atomic E-state index is -3.65. The molecule has 1 aromatic carbocycles. The lowest BCUT2D eigenvalue weighted by atomic mass is 10.1. The molecule has 0 fully saturated rings. The highest BCUT2D eigenvalue weighted by Gasteiger charge is 2.14. The quantitative estimate of drug-likeness (QED) is 0.799. The van der Waals surface area contributed by atoms with E-state index >= 15 is 0 Å². The van der Waals surface area contributed by atoms with Gasteiger partial charge in [-0.1, -0.05) is 4.89 Å². The van der Waals surface area contributed by atoms with Crippen LogP contribution in [-0.2, 0) is 14.9 Å². The second-order valence-corrected chi connectivity index (χ2v) is 4.75. The van der Waals surface area contributed by atoms with Crippen LogP contribution in [0.1, 0.15) is 18.1 Å². The van der Waals surface area contributed by atoms with E-state index in [1.807, 2.05) is 11.0 Å². The standard InChI is InChI=1S/C10H12N2O3S/c1-3-15-12-16(13,14)10-5-4-9(7-11)8(2)6-10/h4-6,12H,3H2,1-2H3. The van der Waals surface area contributed by atoms with Gasteiger partial charge in [-0.2, -0.15) is 5.26 Å². The molecule has 0 radical (unpaired) electrons. The number of sulfonamides is 1. The molecule has 0 aliphatic carbocycles. The third-order valence-electron chi connectivity index (χ3n) is 1.94. The predicted molar refractivity (Wildman–Crippen MR) is 57.8 cm³/mol. The molecular weight excluding hydrogens is 228 g/mol. The Morgan fingerprint density at radius 3 is 2.69 bits per heavy atom. The SMILES string of the molecule is CCONS(=O)(=O)c1ccc(C#N)c(C)c1. The van der Waals surface area contributed by atoms with Gasteiger partial charge in [0.2, 0.25) is 0 Å². The zero-order valence-corrected chi connectivity index (χ0v) is 9.84. The number of hydrogen-bond donors (Lipinski definition) is 1. The normalized spacial score (nSPS) is 11.1. The van der Waals surface area contributed by atoms with Crippen LogP contribution in [0.3, 0.4) is 0 Å². The fraction of sp³-hybridized carbons (Fsp3) is 0.300. The molecule has 5 nitrogen and oxygen atoms in total. The van der Waals surface area contributed by atoms with Gasteiger partial charge in [-0.25, -0.2) is 8.42 Å². The molecule has 0 aromatic heterocycles. The summed E-state index contributed by atoms with van der Waals surface area (Å²) in [6, 6.07) is 6.24. The lowest BCUT2D eigenvalue weighted by molar-refractivity contribution is 0.105. The Balaban J connectivity index is 3.07. The zero-order chi connectivity index (χ0) is 12.2. The van der Waals surface area contributed by atoms with Gasteiger partial charge in [0.25, 0.3) is 10.0 Å². The van der Waals surface area contributed by atoms with Crippen molar-refractivity contribution >= 4 is 10.0 Å². The summed E-state index contributed by atoms with van der Waals surface area (Å²) < 4.78 is 23.2. The molecule has 0 atom stereocenters. The number of nitriles is 1. The topological polar surface area (TPSA) is 79.2 Å². The lowest BCUT2D eigenvalue weighted by Gasteiger charge is -2.06. The monoisotopic (exact) mass is 240 g/mol. The Labute approximate surface area is 94.7 Å². The Morgan fingerprint density at radius 2 is 2.19 bits per heavy atom. The Bertz CT molecular complexity index is 517. The first-order valence-corrected chi connectivity index (χ1v) is 6.14. The van der Waals surface area contributed by atoms with Crippen LogP contribution in [0.15, 0.2) is 23.1 Å². The highest BCUT2D eigenvalue weighted by molar-refractivity contribution is 7.89. The number of benzene rings is 1. The maximum absolute atomic E-state index is 11.6. The molecule has 1 N–H and O–H groups in total. The average Bonchev–Trinajstić information content (AvgIpc) is 2.26. The molecule has 16 heavy (non-hydrogen) atoms. The number of rotatable bonds is 4. The maximum atomic E-state index is 11.6. The molecule has 1 aromatic rings. The summed E-state index contributed by atoms with van der Waals surface area (Å²) in [6.45, 7) is 3.60. The first kappa shape index (κ1) is 12.6. The highest BCUT2D eigenvalue weighted by Crippen LogP contribution is 2.14. The van der Waals surface area contributed by atoms with Crippen LogP contribution in [0.2, 0.25) is 0 Å². The van der Waals surface area contributed by atoms with Gasteiger partial charge >= 0.3 is 0 Å². The van der Waals surface area contributed by atoms with E-state index in [1.54, 1.807) is 13.8 Å². The first-order chi connectivity index (χ1) is 7.51. The van der Waals surface area contributed by atoms with E-state index in [-0.39, 0.29) is 11.5 Å². The highest BCUT2D eigenvalue weighted by atomic mass is 32.2. The van der Waals surface area contributed by atoms with E-state index in [0.717, 1.165) is 0 Å². The molecule has 0 saturated heterocycles. The minimum absolute atomic E-state index is 0.0810. The first-order valence-electron chi connectivity index (χ1n) is 4.65. The molecule has 0 amide bonds. The summed E-state index contributed by atoms with van der Waals surface area (Å²) in [5, 5.41) is 8.71. The number of nitrogens with one attached hydrogen (secondary N) is 1. The van der Waals surface area contributed by atoms with Gasteiger partial charge in [-0.3, -0.25) is 4.84 Å². The Hall–Kier alpha value is -1.42. The van der Waals surface area contributed by atoms with Gasteiger partial charge < -0.3 is 0 Å². The third-order valence-corrected chi connectivity index (χ3v) is 3.15. The largest absolute Gasteiger partial charge is 0.287 e. The molecule has 0 spiro atoms. The van der Waals surface area contributed by atoms with Crippen molar-refractivity contribution in [1.82, 2.24) is 4.89 Å². The van der Waals surface area contributed by atoms with Gasteiger partial charge in [0.05, 0.1) is 23.1 Å². The van der Waals surface area contributed by atoms with Crippen molar-refractivity contribution in [3.05, 3.63) is 29.3 Å². The molecule has 0 aliphatic rings. The zero-order valence-electron chi connectivity index (χ0n) is 9.02. The van der Waals surface area contributed by atoms with E-state index in [4.69, 9.17) is 5.26 Å². The number of aryl methyl sites for hydroxylation is 1. The van der Waals surface area contributed by atoms with Crippen LogP contribution in [0.4, 0.5) is 0 Å². The molecule has 0 unspecified atom stereocenters. The van der Waals surface area contributed by atoms with Crippen molar-refractivity contribution in [3.63, 3.8) is 0 Å². The van der Waals surface area contributed by atoms with Crippen molar-refractivity contribution in [2.45, 2.75) is 18.7 Å². The van der Waals surface area contributed by atoms with E-state index < -0.39 is 10.0 Å². The van der Waals surface area contributed by atoms with Crippen molar-refractivity contribution in [2.24, 2.45) is 0 Å². The molecule has 0 heterocycles. The second-order valence-electron chi connectivity index (χ2n) is 3.11. The lowest BCUT2D eigenvalue weighted by Crippen LogP contribution is -2.24. The summed E-state index contributed by atoms with van der Waals surface area (Å²) in [7, 11) is -3.65. The second kappa shape index (κ2) is 5.07.